The summed E-state index contributed by atoms with van der Waals surface area (Å²) >= 11 is 10.8. The van der Waals surface area contributed by atoms with Gasteiger partial charge in [0.1, 0.15) is 4.81 Å². The molecule has 0 saturated carbocycles. The van der Waals surface area contributed by atoms with E-state index in [9.17, 15) is 0 Å². The lowest BCUT2D eigenvalue weighted by Crippen LogP contribution is -1.84. The summed E-state index contributed by atoms with van der Waals surface area (Å²) in [5, 5.41) is 0. The average Bonchev–Trinajstić information content (AvgIpc) is 1.63. The third-order valence-corrected chi connectivity index (χ3v) is 1.35. The first-order valence-electron chi connectivity index (χ1n) is 3.44. The molecule has 50 valence electrons. The smallest absolute Gasteiger partial charge is 0.105 e. The highest BCUT2D eigenvalue weighted by molar-refractivity contribution is 6.44. The van der Waals surface area contributed by atoms with Crippen molar-refractivity contribution in [2.75, 3.05) is 0 Å². The molecule has 0 spiro atoms. The van der Waals surface area contributed by atoms with Crippen LogP contribution in [0.4, 0.5) is 0 Å². The Morgan fingerprint density at radius 2 is 2.12 bits per heavy atom. The van der Waals surface area contributed by atoms with Crippen LogP contribution in [0.5, 0.6) is 0 Å². The maximum atomic E-state index is 7.04. The first-order valence-corrected chi connectivity index (χ1v) is 3.69. The number of alkyl halides is 2. The summed E-state index contributed by atoms with van der Waals surface area (Å²) in [4.78, 5) is -1.25. The van der Waals surface area contributed by atoms with Gasteiger partial charge in [-0.05, 0) is 6.42 Å². The second-order valence-corrected chi connectivity index (χ2v) is 2.90. The lowest BCUT2D eigenvalue weighted by atomic mass is 10.2. The molecule has 0 nitrogen and oxygen atoms in total. The largest absolute Gasteiger partial charge is 0.107 e. The number of hydrogen-bond acceptors (Lipinski definition) is 0. The van der Waals surface area contributed by atoms with Crippen molar-refractivity contribution in [3.05, 3.63) is 0 Å². The maximum absolute atomic E-state index is 7.04. The Morgan fingerprint density at radius 3 is 2.50 bits per heavy atom. The highest BCUT2D eigenvalue weighted by Gasteiger charge is 1.95. The Balaban J connectivity index is 3.07. The summed E-state index contributed by atoms with van der Waals surface area (Å²) in [6, 6.07) is 0. The first-order chi connectivity index (χ1) is 4.06. The van der Waals surface area contributed by atoms with Crippen molar-refractivity contribution in [2.45, 2.75) is 37.4 Å². The summed E-state index contributed by atoms with van der Waals surface area (Å²) in [6.45, 7) is 2.11. The van der Waals surface area contributed by atoms with Gasteiger partial charge in [-0.25, -0.2) is 0 Å². The van der Waals surface area contributed by atoms with Crippen LogP contribution in [0.2, 0.25) is 0 Å². The Labute approximate surface area is 62.6 Å². The van der Waals surface area contributed by atoms with E-state index in [1.54, 1.807) is 0 Å². The molecular weight excluding hydrogens is 143 g/mol. The van der Waals surface area contributed by atoms with Crippen molar-refractivity contribution in [3.8, 4) is 0 Å². The molecular formula is C6H12Cl2. The fourth-order valence-corrected chi connectivity index (χ4v) is 0.776. The summed E-state index contributed by atoms with van der Waals surface area (Å²) in [6.07, 6.45) is 3.78. The molecule has 0 aromatic heterocycles. The van der Waals surface area contributed by atoms with Crippen molar-refractivity contribution in [1.29, 1.82) is 0 Å². The van der Waals surface area contributed by atoms with Gasteiger partial charge in [-0.1, -0.05) is 26.2 Å². The van der Waals surface area contributed by atoms with Gasteiger partial charge in [0.2, 0.25) is 0 Å². The van der Waals surface area contributed by atoms with Crippen LogP contribution in [0, 0.1) is 0 Å². The van der Waals surface area contributed by atoms with Crippen molar-refractivity contribution in [1.82, 2.24) is 0 Å². The molecule has 0 aliphatic carbocycles. The molecule has 0 amide bonds. The van der Waals surface area contributed by atoms with Crippen molar-refractivity contribution in [3.63, 3.8) is 0 Å². The van der Waals surface area contributed by atoms with Gasteiger partial charge in [0.15, 0.2) is 0 Å². The zero-order chi connectivity index (χ0) is 7.33. The highest BCUT2D eigenvalue weighted by Crippen LogP contribution is 2.11. The zero-order valence-electron chi connectivity index (χ0n) is 6.08. The molecule has 0 heterocycles. The number of unbranched alkanes of at least 4 members (excludes halogenated alkanes) is 2. The van der Waals surface area contributed by atoms with Crippen LogP contribution in [0.1, 0.15) is 34.0 Å². The number of hydrogen-bond donors (Lipinski definition) is 0. The van der Waals surface area contributed by atoms with E-state index in [2.05, 4.69) is 6.92 Å². The molecule has 2 heteroatoms. The van der Waals surface area contributed by atoms with Crippen LogP contribution >= 0.6 is 23.2 Å². The highest BCUT2D eigenvalue weighted by atomic mass is 35.5. The van der Waals surface area contributed by atoms with Gasteiger partial charge in [0.25, 0.3) is 0 Å². The SMILES string of the molecule is [2H]C(Cl)(Cl)CCCCC. The van der Waals surface area contributed by atoms with Gasteiger partial charge >= 0.3 is 0 Å². The minimum Gasteiger partial charge on any atom is -0.105 e. The van der Waals surface area contributed by atoms with Crippen LogP contribution in [-0.4, -0.2) is 4.81 Å². The molecule has 0 unspecified atom stereocenters. The first kappa shape index (κ1) is 6.70. The molecule has 0 N–H and O–H groups in total. The van der Waals surface area contributed by atoms with Gasteiger partial charge in [0, 0.05) is 0 Å². The monoisotopic (exact) mass is 155 g/mol. The predicted molar refractivity (Wildman–Crippen MR) is 39.6 cm³/mol. The van der Waals surface area contributed by atoms with E-state index in [0.717, 1.165) is 19.3 Å². The summed E-state index contributed by atoms with van der Waals surface area (Å²) in [5.41, 5.74) is 0. The zero-order valence-corrected chi connectivity index (χ0v) is 6.60. The topological polar surface area (TPSA) is 0 Å². The average molecular weight is 156 g/mol. The van der Waals surface area contributed by atoms with Crippen LogP contribution in [0.15, 0.2) is 0 Å². The Morgan fingerprint density at radius 1 is 1.50 bits per heavy atom. The van der Waals surface area contributed by atoms with Crippen molar-refractivity contribution < 1.29 is 1.37 Å². The second kappa shape index (κ2) is 5.71. The molecule has 0 radical (unpaired) electrons. The second-order valence-electron chi connectivity index (χ2n) is 1.80. The van der Waals surface area contributed by atoms with Gasteiger partial charge in [-0.15, -0.1) is 23.2 Å². The molecule has 0 aliphatic heterocycles. The molecule has 0 bridgehead atoms. The van der Waals surface area contributed by atoms with Gasteiger partial charge < -0.3 is 0 Å². The van der Waals surface area contributed by atoms with Crippen LogP contribution in [0.25, 0.3) is 0 Å². The maximum Gasteiger partial charge on any atom is 0.107 e. The third-order valence-electron chi connectivity index (χ3n) is 0.969. The van der Waals surface area contributed by atoms with Crippen LogP contribution in [0.3, 0.4) is 0 Å². The summed E-state index contributed by atoms with van der Waals surface area (Å²) < 4.78 is 7.04. The molecule has 0 atom stereocenters. The van der Waals surface area contributed by atoms with Crippen molar-refractivity contribution >= 4 is 23.2 Å². The number of rotatable bonds is 4. The molecule has 8 heavy (non-hydrogen) atoms. The quantitative estimate of drug-likeness (QED) is 0.432. The molecule has 0 aromatic rings. The fourth-order valence-electron chi connectivity index (χ4n) is 0.509. The van der Waals surface area contributed by atoms with Crippen molar-refractivity contribution in [2.24, 2.45) is 0 Å². The summed E-state index contributed by atoms with van der Waals surface area (Å²) in [7, 11) is 0. The van der Waals surface area contributed by atoms with Gasteiger partial charge in [-0.3, -0.25) is 0 Å². The van der Waals surface area contributed by atoms with E-state index in [1.165, 1.54) is 0 Å². The van der Waals surface area contributed by atoms with E-state index >= 15 is 0 Å². The Kier molecular flexibility index (Phi) is 4.78. The number of halogens is 2. The van der Waals surface area contributed by atoms with E-state index in [0.29, 0.717) is 6.42 Å². The third kappa shape index (κ3) is 6.58. The predicted octanol–water partition coefficient (Wildman–Crippen LogP) is 3.37. The van der Waals surface area contributed by atoms with Gasteiger partial charge in [0.05, 0.1) is 1.37 Å². The summed E-state index contributed by atoms with van der Waals surface area (Å²) in [5.74, 6) is 0. The molecule has 0 fully saturated rings. The minimum absolute atomic E-state index is 0.573. The standard InChI is InChI=1S/C6H12Cl2/c1-2-3-4-5-6(7)8/h6H,2-5H2,1H3/i6D. The van der Waals surface area contributed by atoms with E-state index in [4.69, 9.17) is 24.6 Å². The van der Waals surface area contributed by atoms with Gasteiger partial charge in [-0.2, -0.15) is 0 Å². The van der Waals surface area contributed by atoms with E-state index in [-0.39, 0.29) is 0 Å². The molecule has 0 saturated heterocycles. The Hall–Kier alpha value is 0.580. The lowest BCUT2D eigenvalue weighted by Gasteiger charge is -1.96. The lowest BCUT2D eigenvalue weighted by molar-refractivity contribution is 0.692. The van der Waals surface area contributed by atoms with E-state index < -0.39 is 4.81 Å². The van der Waals surface area contributed by atoms with E-state index in [1.807, 2.05) is 0 Å². The molecule has 0 aliphatic rings. The minimum atomic E-state index is -1.25. The van der Waals surface area contributed by atoms with Crippen LogP contribution < -0.4 is 0 Å². The normalized spacial score (nSPS) is 13.6. The fraction of sp³-hybridized carbons (Fsp3) is 1.00. The Bertz CT molecular complexity index is 67.9. The molecule has 0 rings (SSSR count). The van der Waals surface area contributed by atoms with Crippen LogP contribution in [-0.2, 0) is 0 Å². The molecule has 0 aromatic carbocycles.